The first kappa shape index (κ1) is 10.7. The third kappa shape index (κ3) is 2.06. The van der Waals surface area contributed by atoms with Crippen molar-refractivity contribution in [1.29, 1.82) is 0 Å². The second kappa shape index (κ2) is 4.37. The molecule has 1 aromatic heterocycles. The smallest absolute Gasteiger partial charge is 0.128 e. The second-order valence-electron chi connectivity index (χ2n) is 3.42. The molecule has 0 fully saturated rings. The molecule has 0 aliphatic heterocycles. The van der Waals surface area contributed by atoms with Crippen molar-refractivity contribution in [1.82, 2.24) is 4.98 Å². The van der Waals surface area contributed by atoms with E-state index < -0.39 is 17.7 Å². The second-order valence-corrected chi connectivity index (χ2v) is 3.42. The number of hydrogen-bond acceptors (Lipinski definition) is 2. The van der Waals surface area contributed by atoms with Crippen LogP contribution in [-0.4, -0.2) is 4.98 Å². The number of nitrogens with two attached hydrogens (primary N) is 1. The molecule has 0 saturated carbocycles. The molecular weight excluding hydrogens is 210 g/mol. The Hall–Kier alpha value is -1.81. The Morgan fingerprint density at radius 1 is 1.06 bits per heavy atom. The Labute approximate surface area is 91.7 Å². The molecule has 0 radical (unpaired) electrons. The van der Waals surface area contributed by atoms with Crippen molar-refractivity contribution in [2.24, 2.45) is 5.73 Å². The number of rotatable bonds is 2. The maximum absolute atomic E-state index is 13.4. The van der Waals surface area contributed by atoms with Gasteiger partial charge >= 0.3 is 0 Å². The van der Waals surface area contributed by atoms with Gasteiger partial charge in [0.25, 0.3) is 0 Å². The Morgan fingerprint density at radius 2 is 1.75 bits per heavy atom. The number of halogens is 2. The molecule has 0 amide bonds. The SMILES string of the molecule is N[C@@H](c1ccncc1)c1cc(F)ccc1F. The molecule has 2 rings (SSSR count). The maximum Gasteiger partial charge on any atom is 0.128 e. The fourth-order valence-electron chi connectivity index (χ4n) is 1.50. The average molecular weight is 220 g/mol. The van der Waals surface area contributed by atoms with Crippen molar-refractivity contribution < 1.29 is 8.78 Å². The van der Waals surface area contributed by atoms with Gasteiger partial charge in [0.1, 0.15) is 11.6 Å². The number of aromatic nitrogens is 1. The Balaban J connectivity index is 2.41. The Kier molecular flexibility index (Phi) is 2.92. The van der Waals surface area contributed by atoms with Crippen LogP contribution in [0, 0.1) is 11.6 Å². The van der Waals surface area contributed by atoms with Gasteiger partial charge in [-0.2, -0.15) is 0 Å². The van der Waals surface area contributed by atoms with Gasteiger partial charge in [0.2, 0.25) is 0 Å². The standard InChI is InChI=1S/C12H10F2N2/c13-9-1-2-11(14)10(7-9)12(15)8-3-5-16-6-4-8/h1-7,12H,15H2/t12-/m0/s1. The van der Waals surface area contributed by atoms with Gasteiger partial charge in [-0.15, -0.1) is 0 Å². The summed E-state index contributed by atoms with van der Waals surface area (Å²) < 4.78 is 26.4. The molecule has 0 unspecified atom stereocenters. The van der Waals surface area contributed by atoms with E-state index in [1.165, 1.54) is 0 Å². The van der Waals surface area contributed by atoms with Gasteiger partial charge in [-0.3, -0.25) is 4.98 Å². The minimum atomic E-state index is -0.682. The first-order chi connectivity index (χ1) is 7.68. The lowest BCUT2D eigenvalue weighted by atomic mass is 10.00. The van der Waals surface area contributed by atoms with Crippen LogP contribution in [0.25, 0.3) is 0 Å². The molecule has 16 heavy (non-hydrogen) atoms. The molecule has 2 N–H and O–H groups in total. The summed E-state index contributed by atoms with van der Waals surface area (Å²) in [6.45, 7) is 0. The fourth-order valence-corrected chi connectivity index (χ4v) is 1.50. The fraction of sp³-hybridized carbons (Fsp3) is 0.0833. The van der Waals surface area contributed by atoms with E-state index in [2.05, 4.69) is 4.98 Å². The summed E-state index contributed by atoms with van der Waals surface area (Å²) >= 11 is 0. The van der Waals surface area contributed by atoms with Crippen molar-refractivity contribution >= 4 is 0 Å². The van der Waals surface area contributed by atoms with E-state index >= 15 is 0 Å². The molecule has 1 atom stereocenters. The van der Waals surface area contributed by atoms with Crippen LogP contribution in [0.15, 0.2) is 42.7 Å². The average Bonchev–Trinajstić information content (AvgIpc) is 2.32. The third-order valence-electron chi connectivity index (χ3n) is 2.36. The summed E-state index contributed by atoms with van der Waals surface area (Å²) in [6, 6.07) is 5.92. The van der Waals surface area contributed by atoms with Crippen molar-refractivity contribution in [2.75, 3.05) is 0 Å². The highest BCUT2D eigenvalue weighted by molar-refractivity contribution is 5.31. The largest absolute Gasteiger partial charge is 0.320 e. The summed E-state index contributed by atoms with van der Waals surface area (Å²) in [5.41, 5.74) is 6.69. The van der Waals surface area contributed by atoms with E-state index in [9.17, 15) is 8.78 Å². The summed E-state index contributed by atoms with van der Waals surface area (Å²) in [6.07, 6.45) is 3.12. The van der Waals surface area contributed by atoms with Crippen molar-refractivity contribution in [3.8, 4) is 0 Å². The van der Waals surface area contributed by atoms with Gasteiger partial charge in [0.05, 0.1) is 6.04 Å². The molecule has 2 aromatic rings. The first-order valence-corrected chi connectivity index (χ1v) is 4.79. The molecule has 0 aliphatic carbocycles. The number of hydrogen-bond donors (Lipinski definition) is 1. The summed E-state index contributed by atoms with van der Waals surface area (Å²) in [5.74, 6) is -1.01. The lowest BCUT2D eigenvalue weighted by molar-refractivity contribution is 0.576. The van der Waals surface area contributed by atoms with Crippen molar-refractivity contribution in [3.05, 3.63) is 65.5 Å². The van der Waals surface area contributed by atoms with Crippen LogP contribution in [0.1, 0.15) is 17.2 Å². The molecule has 0 saturated heterocycles. The molecule has 1 heterocycles. The van der Waals surface area contributed by atoms with Gasteiger partial charge in [-0.25, -0.2) is 8.78 Å². The highest BCUT2D eigenvalue weighted by Gasteiger charge is 2.14. The normalized spacial score (nSPS) is 12.4. The van der Waals surface area contributed by atoms with Gasteiger partial charge < -0.3 is 5.73 Å². The van der Waals surface area contributed by atoms with Crippen LogP contribution >= 0.6 is 0 Å². The quantitative estimate of drug-likeness (QED) is 0.844. The van der Waals surface area contributed by atoms with Crippen LogP contribution in [0.3, 0.4) is 0 Å². The van der Waals surface area contributed by atoms with E-state index in [-0.39, 0.29) is 5.56 Å². The predicted molar refractivity (Wildman–Crippen MR) is 56.6 cm³/mol. The lowest BCUT2D eigenvalue weighted by Crippen LogP contribution is -2.13. The van der Waals surface area contributed by atoms with Gasteiger partial charge in [-0.1, -0.05) is 0 Å². The topological polar surface area (TPSA) is 38.9 Å². The Bertz CT molecular complexity index is 486. The summed E-state index contributed by atoms with van der Waals surface area (Å²) in [7, 11) is 0. The molecule has 0 aliphatic rings. The maximum atomic E-state index is 13.4. The highest BCUT2D eigenvalue weighted by Crippen LogP contribution is 2.22. The van der Waals surface area contributed by atoms with E-state index in [4.69, 9.17) is 5.73 Å². The van der Waals surface area contributed by atoms with E-state index in [0.717, 1.165) is 18.2 Å². The molecule has 82 valence electrons. The predicted octanol–water partition coefficient (Wildman–Crippen LogP) is 2.41. The van der Waals surface area contributed by atoms with Crippen molar-refractivity contribution in [2.45, 2.75) is 6.04 Å². The number of pyridine rings is 1. The molecular formula is C12H10F2N2. The Morgan fingerprint density at radius 3 is 2.44 bits per heavy atom. The van der Waals surface area contributed by atoms with Crippen LogP contribution in [0.4, 0.5) is 8.78 Å². The number of nitrogens with zero attached hydrogens (tertiary/aromatic N) is 1. The molecule has 2 nitrogen and oxygen atoms in total. The zero-order chi connectivity index (χ0) is 11.5. The van der Waals surface area contributed by atoms with Gasteiger partial charge in [0, 0.05) is 18.0 Å². The monoisotopic (exact) mass is 220 g/mol. The minimum absolute atomic E-state index is 0.145. The summed E-state index contributed by atoms with van der Waals surface area (Å²) in [4.78, 5) is 3.84. The van der Waals surface area contributed by atoms with Gasteiger partial charge in [-0.05, 0) is 35.9 Å². The van der Waals surface area contributed by atoms with E-state index in [1.54, 1.807) is 24.5 Å². The molecule has 0 spiro atoms. The minimum Gasteiger partial charge on any atom is -0.320 e. The first-order valence-electron chi connectivity index (χ1n) is 4.79. The van der Waals surface area contributed by atoms with E-state index in [1.807, 2.05) is 0 Å². The summed E-state index contributed by atoms with van der Waals surface area (Å²) in [5, 5.41) is 0. The highest BCUT2D eigenvalue weighted by atomic mass is 19.1. The zero-order valence-corrected chi connectivity index (χ0v) is 8.40. The van der Waals surface area contributed by atoms with Crippen LogP contribution < -0.4 is 5.73 Å². The third-order valence-corrected chi connectivity index (χ3v) is 2.36. The van der Waals surface area contributed by atoms with E-state index in [0.29, 0.717) is 5.56 Å². The van der Waals surface area contributed by atoms with Crippen LogP contribution in [0.2, 0.25) is 0 Å². The molecule has 0 bridgehead atoms. The van der Waals surface area contributed by atoms with Crippen LogP contribution in [0.5, 0.6) is 0 Å². The van der Waals surface area contributed by atoms with Crippen molar-refractivity contribution in [3.63, 3.8) is 0 Å². The molecule has 4 heteroatoms. The zero-order valence-electron chi connectivity index (χ0n) is 8.40. The molecule has 1 aromatic carbocycles. The number of benzene rings is 1. The lowest BCUT2D eigenvalue weighted by Gasteiger charge is -2.13. The van der Waals surface area contributed by atoms with Crippen LogP contribution in [-0.2, 0) is 0 Å². The van der Waals surface area contributed by atoms with Gasteiger partial charge in [0.15, 0.2) is 0 Å².